The van der Waals surface area contributed by atoms with Crippen molar-refractivity contribution in [3.63, 3.8) is 0 Å². The van der Waals surface area contributed by atoms with Crippen LogP contribution in [0.4, 0.5) is 0 Å². The van der Waals surface area contributed by atoms with Crippen molar-refractivity contribution in [1.82, 2.24) is 0 Å². The maximum absolute atomic E-state index is 10.8. The van der Waals surface area contributed by atoms with Gasteiger partial charge >= 0.3 is 9.28 Å². The van der Waals surface area contributed by atoms with Crippen molar-refractivity contribution in [2.45, 2.75) is 39.2 Å². The van der Waals surface area contributed by atoms with Crippen LogP contribution in [0.1, 0.15) is 33.6 Å². The monoisotopic (exact) mass is 233 g/mol. The Labute approximate surface area is 91.8 Å². The summed E-state index contributed by atoms with van der Waals surface area (Å²) in [5.41, 5.74) is 5.48. The number of nitrogens with two attached hydrogens (primary N) is 1. The SMILES string of the molecule is CC(=O)O[SiH](OC(C)=O)C(C)CCCN. The Morgan fingerprint density at radius 1 is 1.27 bits per heavy atom. The zero-order chi connectivity index (χ0) is 11.8. The van der Waals surface area contributed by atoms with Gasteiger partial charge in [-0.2, -0.15) is 0 Å². The lowest BCUT2D eigenvalue weighted by atomic mass is 10.2. The molecule has 1 atom stereocenters. The summed E-state index contributed by atoms with van der Waals surface area (Å²) in [5, 5.41) is 0. The van der Waals surface area contributed by atoms with Gasteiger partial charge in [0.1, 0.15) is 0 Å². The molecule has 5 nitrogen and oxygen atoms in total. The van der Waals surface area contributed by atoms with Gasteiger partial charge in [-0.05, 0) is 19.4 Å². The fraction of sp³-hybridized carbons (Fsp3) is 0.778. The van der Waals surface area contributed by atoms with Gasteiger partial charge in [0.25, 0.3) is 11.9 Å². The van der Waals surface area contributed by atoms with Gasteiger partial charge in [-0.15, -0.1) is 0 Å². The average Bonchev–Trinajstić information content (AvgIpc) is 2.11. The van der Waals surface area contributed by atoms with Crippen molar-refractivity contribution in [3.8, 4) is 0 Å². The summed E-state index contributed by atoms with van der Waals surface area (Å²) in [5.74, 6) is -0.792. The van der Waals surface area contributed by atoms with Gasteiger partial charge in [0, 0.05) is 19.4 Å². The fourth-order valence-corrected chi connectivity index (χ4v) is 2.83. The molecule has 0 amide bonds. The quantitative estimate of drug-likeness (QED) is 0.674. The minimum absolute atomic E-state index is 0.0985. The Hall–Kier alpha value is -0.883. The Bertz CT molecular complexity index is 206. The van der Waals surface area contributed by atoms with E-state index in [2.05, 4.69) is 0 Å². The fourth-order valence-electron chi connectivity index (χ4n) is 1.16. The smallest absolute Gasteiger partial charge is 0.450 e. The van der Waals surface area contributed by atoms with Crippen LogP contribution in [0, 0.1) is 0 Å². The van der Waals surface area contributed by atoms with E-state index in [0.29, 0.717) is 6.54 Å². The lowest BCUT2D eigenvalue weighted by Gasteiger charge is -2.20. The van der Waals surface area contributed by atoms with Crippen molar-refractivity contribution in [3.05, 3.63) is 0 Å². The van der Waals surface area contributed by atoms with Crippen LogP contribution in [0.5, 0.6) is 0 Å². The number of hydrogen-bond acceptors (Lipinski definition) is 5. The second-order valence-corrected chi connectivity index (χ2v) is 5.84. The zero-order valence-corrected chi connectivity index (χ0v) is 10.6. The molecule has 2 N–H and O–H groups in total. The van der Waals surface area contributed by atoms with E-state index in [0.717, 1.165) is 12.8 Å². The molecule has 0 saturated carbocycles. The lowest BCUT2D eigenvalue weighted by molar-refractivity contribution is -0.137. The van der Waals surface area contributed by atoms with Crippen LogP contribution < -0.4 is 5.73 Å². The molecule has 15 heavy (non-hydrogen) atoms. The van der Waals surface area contributed by atoms with Crippen LogP contribution >= 0.6 is 0 Å². The highest BCUT2D eigenvalue weighted by atomic mass is 28.3. The Kier molecular flexibility index (Phi) is 6.98. The molecule has 0 bridgehead atoms. The summed E-state index contributed by atoms with van der Waals surface area (Å²) < 4.78 is 10.1. The maximum Gasteiger partial charge on any atom is 0.450 e. The predicted molar refractivity (Wildman–Crippen MR) is 58.4 cm³/mol. The van der Waals surface area contributed by atoms with Crippen LogP contribution in [0.3, 0.4) is 0 Å². The highest BCUT2D eigenvalue weighted by Gasteiger charge is 2.27. The molecule has 0 aliphatic heterocycles. The summed E-state index contributed by atoms with van der Waals surface area (Å²) in [4.78, 5) is 21.6. The van der Waals surface area contributed by atoms with Gasteiger partial charge in [0.2, 0.25) is 0 Å². The molecule has 0 heterocycles. The minimum Gasteiger partial charge on any atom is -0.487 e. The average molecular weight is 233 g/mol. The first-order chi connectivity index (χ1) is 6.97. The second kappa shape index (κ2) is 7.41. The predicted octanol–water partition coefficient (Wildman–Crippen LogP) is 0.462. The standard InChI is InChI=1S/C9H19NO4Si/c1-7(5-4-6-10)15(13-8(2)11)14-9(3)12/h7,15H,4-6,10H2,1-3H3. The Morgan fingerprint density at radius 2 is 1.73 bits per heavy atom. The van der Waals surface area contributed by atoms with Crippen molar-refractivity contribution in [2.75, 3.05) is 6.54 Å². The van der Waals surface area contributed by atoms with Gasteiger partial charge in [0.15, 0.2) is 0 Å². The van der Waals surface area contributed by atoms with E-state index < -0.39 is 21.2 Å². The van der Waals surface area contributed by atoms with E-state index in [1.165, 1.54) is 13.8 Å². The number of rotatable bonds is 6. The molecule has 88 valence electrons. The molecular weight excluding hydrogens is 214 g/mol. The third-order valence-corrected chi connectivity index (χ3v) is 4.28. The molecule has 0 aliphatic rings. The van der Waals surface area contributed by atoms with Crippen molar-refractivity contribution < 1.29 is 18.4 Å². The molecule has 0 aliphatic carbocycles. The molecule has 0 aromatic carbocycles. The largest absolute Gasteiger partial charge is 0.487 e. The summed E-state index contributed by atoms with van der Waals surface area (Å²) in [6, 6.07) is 0. The number of carbonyl (C=O) groups is 2. The van der Waals surface area contributed by atoms with Crippen molar-refractivity contribution in [1.29, 1.82) is 0 Å². The maximum atomic E-state index is 10.8. The van der Waals surface area contributed by atoms with E-state index in [4.69, 9.17) is 14.6 Å². The Balaban J connectivity index is 4.19. The van der Waals surface area contributed by atoms with Crippen LogP contribution in [0.25, 0.3) is 0 Å². The molecule has 0 aromatic rings. The van der Waals surface area contributed by atoms with Crippen LogP contribution in [0.2, 0.25) is 5.54 Å². The van der Waals surface area contributed by atoms with E-state index >= 15 is 0 Å². The minimum atomic E-state index is -2.23. The molecular formula is C9H19NO4Si. The second-order valence-electron chi connectivity index (χ2n) is 3.50. The molecule has 0 rings (SSSR count). The highest BCUT2D eigenvalue weighted by molar-refractivity contribution is 6.50. The first kappa shape index (κ1) is 14.1. The van der Waals surface area contributed by atoms with Crippen molar-refractivity contribution >= 4 is 21.2 Å². The Morgan fingerprint density at radius 3 is 2.07 bits per heavy atom. The highest BCUT2D eigenvalue weighted by Crippen LogP contribution is 2.18. The van der Waals surface area contributed by atoms with Crippen LogP contribution in [-0.4, -0.2) is 27.8 Å². The van der Waals surface area contributed by atoms with Gasteiger partial charge in [-0.25, -0.2) is 0 Å². The number of carbonyl (C=O) groups excluding carboxylic acids is 2. The van der Waals surface area contributed by atoms with Crippen molar-refractivity contribution in [2.24, 2.45) is 5.73 Å². The van der Waals surface area contributed by atoms with E-state index in [-0.39, 0.29) is 5.54 Å². The van der Waals surface area contributed by atoms with Gasteiger partial charge in [-0.3, -0.25) is 9.59 Å². The zero-order valence-electron chi connectivity index (χ0n) is 9.49. The third kappa shape index (κ3) is 7.09. The summed E-state index contributed by atoms with van der Waals surface area (Å²) in [7, 11) is -2.23. The van der Waals surface area contributed by atoms with Gasteiger partial charge < -0.3 is 14.6 Å². The summed E-state index contributed by atoms with van der Waals surface area (Å²) >= 11 is 0. The lowest BCUT2D eigenvalue weighted by Crippen LogP contribution is -2.31. The van der Waals surface area contributed by atoms with E-state index in [9.17, 15) is 9.59 Å². The molecule has 6 heteroatoms. The summed E-state index contributed by atoms with van der Waals surface area (Å²) in [6.45, 7) is 5.14. The molecule has 0 aromatic heterocycles. The molecule has 1 unspecified atom stereocenters. The topological polar surface area (TPSA) is 78.6 Å². The van der Waals surface area contributed by atoms with Gasteiger partial charge in [0.05, 0.1) is 0 Å². The van der Waals surface area contributed by atoms with Crippen LogP contribution in [0.15, 0.2) is 0 Å². The normalized spacial score (nSPS) is 12.3. The summed E-state index contributed by atoms with van der Waals surface area (Å²) in [6.07, 6.45) is 1.65. The first-order valence-electron chi connectivity index (χ1n) is 5.02. The number of hydrogen-bond donors (Lipinski definition) is 1. The molecule has 0 saturated heterocycles. The molecule has 0 fully saturated rings. The molecule has 0 radical (unpaired) electrons. The molecule has 0 spiro atoms. The van der Waals surface area contributed by atoms with E-state index in [1.807, 2.05) is 6.92 Å². The van der Waals surface area contributed by atoms with Gasteiger partial charge in [-0.1, -0.05) is 6.92 Å². The third-order valence-electron chi connectivity index (χ3n) is 1.89. The first-order valence-corrected chi connectivity index (χ1v) is 6.62. The van der Waals surface area contributed by atoms with E-state index in [1.54, 1.807) is 0 Å². The van der Waals surface area contributed by atoms with Crippen LogP contribution in [-0.2, 0) is 18.4 Å².